The molecule has 7 nitrogen and oxygen atoms in total. The second-order valence-electron chi connectivity index (χ2n) is 10.8. The standard InChI is InChI=1S/C35H31BrN4O3S2/c1-21-14-15-28-29(20-37)35(45-31(28)16-21)40-32(41)22(2)44-27-13-7-12-26(19-27)38-34(43)30(18-23-8-6-11-25(36)17-23)39-33(42)24-9-4-3-5-10-24/h3-13,17-19,21-22H,14-16H2,1-2H3,(H,38,43)(H,39,42)(H,40,41)/b30-18+. The molecule has 0 saturated carbocycles. The van der Waals surface area contributed by atoms with E-state index in [0.717, 1.165) is 39.8 Å². The Bertz CT molecular complexity index is 1810. The number of hydrogen-bond donors (Lipinski definition) is 3. The summed E-state index contributed by atoms with van der Waals surface area (Å²) in [7, 11) is 0. The topological polar surface area (TPSA) is 111 Å². The van der Waals surface area contributed by atoms with Gasteiger partial charge in [-0.1, -0.05) is 59.3 Å². The maximum Gasteiger partial charge on any atom is 0.272 e. The number of halogens is 1. The summed E-state index contributed by atoms with van der Waals surface area (Å²) in [5, 5.41) is 18.6. The van der Waals surface area contributed by atoms with Crippen molar-refractivity contribution in [3.8, 4) is 6.07 Å². The number of nitriles is 1. The fourth-order valence-electron chi connectivity index (χ4n) is 4.98. The zero-order chi connectivity index (χ0) is 31.9. The number of nitrogens with one attached hydrogen (secondary N) is 3. The van der Waals surface area contributed by atoms with Gasteiger partial charge in [0.15, 0.2) is 0 Å². The smallest absolute Gasteiger partial charge is 0.272 e. The minimum absolute atomic E-state index is 0.0779. The molecule has 3 amide bonds. The molecule has 3 N–H and O–H groups in total. The Morgan fingerprint density at radius 2 is 1.82 bits per heavy atom. The van der Waals surface area contributed by atoms with E-state index >= 15 is 0 Å². The van der Waals surface area contributed by atoms with Gasteiger partial charge in [0.25, 0.3) is 11.8 Å². The molecular weight excluding hydrogens is 668 g/mol. The molecule has 1 aliphatic carbocycles. The zero-order valence-electron chi connectivity index (χ0n) is 24.7. The van der Waals surface area contributed by atoms with Crippen molar-refractivity contribution in [3.05, 3.63) is 116 Å². The third-order valence-corrected chi connectivity index (χ3v) is 10.1. The van der Waals surface area contributed by atoms with E-state index in [-0.39, 0.29) is 11.6 Å². The molecule has 0 bridgehead atoms. The van der Waals surface area contributed by atoms with E-state index < -0.39 is 17.1 Å². The van der Waals surface area contributed by atoms with Gasteiger partial charge in [-0.05, 0) is 91.8 Å². The number of thiophene rings is 1. The second kappa shape index (κ2) is 14.7. The minimum atomic E-state index is -0.493. The van der Waals surface area contributed by atoms with E-state index in [2.05, 4.69) is 44.9 Å². The molecule has 4 aromatic rings. The van der Waals surface area contributed by atoms with Crippen molar-refractivity contribution in [3.63, 3.8) is 0 Å². The molecule has 2 unspecified atom stereocenters. The first-order valence-corrected chi connectivity index (χ1v) is 17.0. The maximum absolute atomic E-state index is 13.5. The highest BCUT2D eigenvalue weighted by Crippen LogP contribution is 2.39. The van der Waals surface area contributed by atoms with Crippen LogP contribution in [0.25, 0.3) is 6.08 Å². The van der Waals surface area contributed by atoms with Gasteiger partial charge in [-0.3, -0.25) is 14.4 Å². The molecule has 2 atom stereocenters. The number of rotatable bonds is 9. The van der Waals surface area contributed by atoms with Crippen molar-refractivity contribution in [2.75, 3.05) is 10.6 Å². The molecule has 10 heteroatoms. The number of carbonyl (C=O) groups excluding carboxylic acids is 3. The number of nitrogens with zero attached hydrogens (tertiary/aromatic N) is 1. The van der Waals surface area contributed by atoms with Crippen LogP contribution in [0.15, 0.2) is 93.9 Å². The monoisotopic (exact) mass is 698 g/mol. The van der Waals surface area contributed by atoms with Crippen LogP contribution in [-0.2, 0) is 22.4 Å². The van der Waals surface area contributed by atoms with Gasteiger partial charge in [0.1, 0.15) is 16.8 Å². The van der Waals surface area contributed by atoms with Gasteiger partial charge >= 0.3 is 0 Å². The van der Waals surface area contributed by atoms with Crippen LogP contribution in [0.4, 0.5) is 10.7 Å². The molecule has 3 aromatic carbocycles. The van der Waals surface area contributed by atoms with Gasteiger partial charge < -0.3 is 16.0 Å². The molecule has 0 saturated heterocycles. The summed E-state index contributed by atoms with van der Waals surface area (Å²) in [4.78, 5) is 41.6. The maximum atomic E-state index is 13.5. The first-order valence-electron chi connectivity index (χ1n) is 14.5. The van der Waals surface area contributed by atoms with Gasteiger partial charge in [-0.2, -0.15) is 5.26 Å². The number of amides is 3. The van der Waals surface area contributed by atoms with Gasteiger partial charge in [0.05, 0.1) is 10.8 Å². The number of benzene rings is 3. The normalized spacial score (nSPS) is 14.9. The second-order valence-corrected chi connectivity index (χ2v) is 14.3. The van der Waals surface area contributed by atoms with Crippen LogP contribution < -0.4 is 16.0 Å². The summed E-state index contributed by atoms with van der Waals surface area (Å²) in [6.07, 6.45) is 4.46. The molecule has 0 fully saturated rings. The van der Waals surface area contributed by atoms with Gasteiger partial charge in [-0.25, -0.2) is 0 Å². The van der Waals surface area contributed by atoms with Crippen LogP contribution in [0.2, 0.25) is 0 Å². The Morgan fingerprint density at radius 1 is 1.04 bits per heavy atom. The average molecular weight is 700 g/mol. The molecule has 0 radical (unpaired) electrons. The summed E-state index contributed by atoms with van der Waals surface area (Å²) in [5.41, 5.74) is 3.41. The Balaban J connectivity index is 1.28. The molecule has 0 spiro atoms. The highest BCUT2D eigenvalue weighted by Gasteiger charge is 2.26. The Morgan fingerprint density at radius 3 is 2.58 bits per heavy atom. The third kappa shape index (κ3) is 8.31. The fourth-order valence-corrected chi connectivity index (χ4v) is 7.69. The number of carbonyl (C=O) groups is 3. The summed E-state index contributed by atoms with van der Waals surface area (Å²) < 4.78 is 0.838. The Labute approximate surface area is 279 Å². The predicted molar refractivity (Wildman–Crippen MR) is 185 cm³/mol. The van der Waals surface area contributed by atoms with Gasteiger partial charge in [-0.15, -0.1) is 23.1 Å². The number of hydrogen-bond acceptors (Lipinski definition) is 6. The molecule has 228 valence electrons. The Hall–Kier alpha value is -4.17. The summed E-state index contributed by atoms with van der Waals surface area (Å²) in [6.45, 7) is 4.02. The zero-order valence-corrected chi connectivity index (χ0v) is 27.9. The quantitative estimate of drug-likeness (QED) is 0.121. The van der Waals surface area contributed by atoms with Crippen LogP contribution in [-0.4, -0.2) is 23.0 Å². The largest absolute Gasteiger partial charge is 0.321 e. The van der Waals surface area contributed by atoms with E-state index in [4.69, 9.17) is 0 Å². The molecule has 1 heterocycles. The van der Waals surface area contributed by atoms with Crippen LogP contribution >= 0.6 is 39.0 Å². The molecule has 1 aliphatic rings. The van der Waals surface area contributed by atoms with E-state index in [1.54, 1.807) is 48.5 Å². The summed E-state index contributed by atoms with van der Waals surface area (Å²) >= 11 is 6.31. The highest BCUT2D eigenvalue weighted by atomic mass is 79.9. The molecule has 45 heavy (non-hydrogen) atoms. The van der Waals surface area contributed by atoms with Crippen molar-refractivity contribution in [2.45, 2.75) is 43.3 Å². The van der Waals surface area contributed by atoms with Crippen molar-refractivity contribution in [1.82, 2.24) is 5.32 Å². The lowest BCUT2D eigenvalue weighted by Gasteiger charge is -2.17. The van der Waals surface area contributed by atoms with E-state index in [1.165, 1.54) is 28.0 Å². The van der Waals surface area contributed by atoms with Crippen LogP contribution in [0.3, 0.4) is 0 Å². The lowest BCUT2D eigenvalue weighted by molar-refractivity contribution is -0.115. The molecule has 0 aliphatic heterocycles. The van der Waals surface area contributed by atoms with Crippen LogP contribution in [0.1, 0.15) is 52.2 Å². The average Bonchev–Trinajstić information content (AvgIpc) is 3.36. The first kappa shape index (κ1) is 32.2. The molecule has 5 rings (SSSR count). The number of thioether (sulfide) groups is 1. The lowest BCUT2D eigenvalue weighted by atomic mass is 9.89. The first-order chi connectivity index (χ1) is 21.7. The van der Waals surface area contributed by atoms with Crippen molar-refractivity contribution in [2.24, 2.45) is 5.92 Å². The minimum Gasteiger partial charge on any atom is -0.321 e. The Kier molecular flexibility index (Phi) is 10.6. The number of anilines is 2. The lowest BCUT2D eigenvalue weighted by Crippen LogP contribution is -2.30. The predicted octanol–water partition coefficient (Wildman–Crippen LogP) is 8.04. The summed E-state index contributed by atoms with van der Waals surface area (Å²) in [6, 6.07) is 25.6. The van der Waals surface area contributed by atoms with Crippen molar-refractivity contribution >= 4 is 73.5 Å². The fraction of sp³-hybridized carbons (Fsp3) is 0.200. The van der Waals surface area contributed by atoms with Crippen molar-refractivity contribution in [1.29, 1.82) is 5.26 Å². The molecular formula is C35H31BrN4O3S2. The SMILES string of the molecule is CC1CCc2c(sc(NC(=O)C(C)Sc3cccc(NC(=O)/C(=C\c4cccc(Br)c4)NC(=O)c4ccccc4)c3)c2C#N)C1. The summed E-state index contributed by atoms with van der Waals surface area (Å²) in [5.74, 6) is -0.523. The van der Waals surface area contributed by atoms with E-state index in [0.29, 0.717) is 27.7 Å². The van der Waals surface area contributed by atoms with Crippen LogP contribution in [0.5, 0.6) is 0 Å². The van der Waals surface area contributed by atoms with Gasteiger partial charge in [0.2, 0.25) is 5.91 Å². The van der Waals surface area contributed by atoms with Gasteiger partial charge in [0, 0.05) is 25.5 Å². The van der Waals surface area contributed by atoms with Crippen LogP contribution in [0, 0.1) is 17.2 Å². The molecule has 1 aromatic heterocycles. The van der Waals surface area contributed by atoms with E-state index in [1.807, 2.05) is 43.3 Å². The van der Waals surface area contributed by atoms with E-state index in [9.17, 15) is 19.6 Å². The van der Waals surface area contributed by atoms with Crippen molar-refractivity contribution < 1.29 is 14.4 Å². The third-order valence-electron chi connectivity index (χ3n) is 7.32. The highest BCUT2D eigenvalue weighted by molar-refractivity contribution is 9.10. The number of fused-ring (bicyclic) bond motifs is 1.